The lowest BCUT2D eigenvalue weighted by Gasteiger charge is -2.52. The number of rotatable bonds is 6. The SMILES string of the molecule is COC[C@@]12C[C@H]1C/C=C/[C@](CN1CCN(C3COC3)CC1)(OC)[C@@H]1CC[C@H]1CN1CCCCc3cc(Cl)ccc3COc3ccc(cc31)C(=O)NS2(=O)=O. The number of halogens is 1. The zero-order valence-corrected chi connectivity index (χ0v) is 33.2. The highest BCUT2D eigenvalue weighted by molar-refractivity contribution is 7.91. The lowest BCUT2D eigenvalue weighted by molar-refractivity contribution is -0.107. The first-order chi connectivity index (χ1) is 26.1. The van der Waals surface area contributed by atoms with E-state index in [1.54, 1.807) is 6.07 Å². The van der Waals surface area contributed by atoms with Gasteiger partial charge in [-0.2, -0.15) is 0 Å². The van der Waals surface area contributed by atoms with Crippen LogP contribution in [-0.4, -0.2) is 120 Å². The van der Waals surface area contributed by atoms with E-state index >= 15 is 0 Å². The Morgan fingerprint density at radius 3 is 2.56 bits per heavy atom. The molecule has 4 fully saturated rings. The van der Waals surface area contributed by atoms with Crippen LogP contribution in [-0.2, 0) is 37.3 Å². The molecule has 0 aromatic heterocycles. The number of sulfonamides is 1. The molecule has 2 aromatic rings. The minimum Gasteiger partial charge on any atom is -0.487 e. The Morgan fingerprint density at radius 2 is 1.83 bits per heavy atom. The smallest absolute Gasteiger partial charge is 0.264 e. The van der Waals surface area contributed by atoms with E-state index in [2.05, 4.69) is 31.6 Å². The molecule has 2 bridgehead atoms. The maximum absolute atomic E-state index is 14.0. The van der Waals surface area contributed by atoms with Gasteiger partial charge in [0.1, 0.15) is 22.7 Å². The summed E-state index contributed by atoms with van der Waals surface area (Å²) < 4.78 is 53.6. The minimum atomic E-state index is -4.08. The van der Waals surface area contributed by atoms with Crippen molar-refractivity contribution >= 4 is 33.2 Å². The second-order valence-electron chi connectivity index (χ2n) is 16.4. The third-order valence-electron chi connectivity index (χ3n) is 13.3. The number of ether oxygens (including phenoxy) is 4. The van der Waals surface area contributed by atoms with Gasteiger partial charge in [0.2, 0.25) is 10.0 Å². The van der Waals surface area contributed by atoms with Gasteiger partial charge in [-0.05, 0) is 104 Å². The molecule has 4 aliphatic heterocycles. The first kappa shape index (κ1) is 38.2. The quantitative estimate of drug-likeness (QED) is 0.406. The van der Waals surface area contributed by atoms with E-state index in [0.717, 1.165) is 102 Å². The summed E-state index contributed by atoms with van der Waals surface area (Å²) in [6, 6.07) is 11.8. The average molecular weight is 783 g/mol. The number of carbonyl (C=O) groups excluding carboxylic acids is 1. The molecule has 6 aliphatic rings. The predicted molar refractivity (Wildman–Crippen MR) is 209 cm³/mol. The Kier molecular flexibility index (Phi) is 11.1. The van der Waals surface area contributed by atoms with Gasteiger partial charge in [-0.3, -0.25) is 14.6 Å². The van der Waals surface area contributed by atoms with E-state index in [-0.39, 0.29) is 24.0 Å². The summed E-state index contributed by atoms with van der Waals surface area (Å²) in [6.07, 6.45) is 10.3. The van der Waals surface area contributed by atoms with Gasteiger partial charge in [-0.15, -0.1) is 0 Å². The van der Waals surface area contributed by atoms with Crippen LogP contribution in [0.1, 0.15) is 60.0 Å². The van der Waals surface area contributed by atoms with Gasteiger partial charge in [0.15, 0.2) is 0 Å². The van der Waals surface area contributed by atoms with Crippen LogP contribution in [0.15, 0.2) is 48.6 Å². The van der Waals surface area contributed by atoms with Gasteiger partial charge < -0.3 is 23.8 Å². The highest BCUT2D eigenvalue weighted by Crippen LogP contribution is 2.53. The van der Waals surface area contributed by atoms with Gasteiger partial charge in [0.05, 0.1) is 31.5 Å². The van der Waals surface area contributed by atoms with Crippen LogP contribution < -0.4 is 14.4 Å². The van der Waals surface area contributed by atoms with Gasteiger partial charge in [-0.25, -0.2) is 13.1 Å². The minimum absolute atomic E-state index is 0.0169. The van der Waals surface area contributed by atoms with Crippen molar-refractivity contribution in [2.75, 3.05) is 84.8 Å². The number of anilines is 1. The fourth-order valence-corrected chi connectivity index (χ4v) is 11.6. The normalized spacial score (nSPS) is 32.6. The number of benzene rings is 2. The van der Waals surface area contributed by atoms with Gasteiger partial charge >= 0.3 is 0 Å². The average Bonchev–Trinajstić information content (AvgIpc) is 3.84. The number of amides is 1. The topological polar surface area (TPSA) is 110 Å². The molecular formula is C41H55ClN4O7S. The predicted octanol–water partition coefficient (Wildman–Crippen LogP) is 4.91. The summed E-state index contributed by atoms with van der Waals surface area (Å²) in [7, 11) is -0.714. The second kappa shape index (κ2) is 15.7. The Bertz CT molecular complexity index is 1830. The van der Waals surface area contributed by atoms with Gasteiger partial charge in [-0.1, -0.05) is 29.8 Å². The molecule has 2 aliphatic carbocycles. The lowest BCUT2D eigenvalue weighted by atomic mass is 9.63. The zero-order chi connectivity index (χ0) is 37.5. The van der Waals surface area contributed by atoms with Crippen molar-refractivity contribution in [3.63, 3.8) is 0 Å². The maximum atomic E-state index is 14.0. The molecule has 2 saturated carbocycles. The van der Waals surface area contributed by atoms with Crippen LogP contribution in [0, 0.1) is 17.8 Å². The van der Waals surface area contributed by atoms with Gasteiger partial charge in [0, 0.05) is 70.6 Å². The van der Waals surface area contributed by atoms with E-state index in [0.29, 0.717) is 42.2 Å². The molecule has 2 saturated heterocycles. The Hall–Kier alpha value is -2.71. The molecule has 1 amide bonds. The first-order valence-electron chi connectivity index (χ1n) is 19.8. The van der Waals surface area contributed by atoms with Crippen molar-refractivity contribution in [1.29, 1.82) is 0 Å². The fourth-order valence-electron chi connectivity index (χ4n) is 9.64. The number of hydrogen-bond donors (Lipinski definition) is 1. The third-order valence-corrected chi connectivity index (χ3v) is 15.7. The number of piperazine rings is 1. The molecule has 2 aromatic carbocycles. The highest BCUT2D eigenvalue weighted by Gasteiger charge is 2.64. The molecule has 8 rings (SSSR count). The second-order valence-corrected chi connectivity index (χ2v) is 18.8. The molecule has 294 valence electrons. The number of hydrogen-bond acceptors (Lipinski definition) is 10. The van der Waals surface area contributed by atoms with Crippen LogP contribution in [0.3, 0.4) is 0 Å². The molecule has 54 heavy (non-hydrogen) atoms. The monoisotopic (exact) mass is 782 g/mol. The van der Waals surface area contributed by atoms with E-state index in [4.69, 9.17) is 30.5 Å². The summed E-state index contributed by atoms with van der Waals surface area (Å²) in [5, 5.41) is 0.714. The number of methoxy groups -OCH3 is 2. The maximum Gasteiger partial charge on any atom is 0.264 e. The van der Waals surface area contributed by atoms with Crippen LogP contribution in [0.25, 0.3) is 0 Å². The molecule has 4 heterocycles. The van der Waals surface area contributed by atoms with E-state index < -0.39 is 26.3 Å². The summed E-state index contributed by atoms with van der Waals surface area (Å²) in [6.45, 7) is 8.32. The Balaban J connectivity index is 1.15. The molecule has 5 atom stereocenters. The molecular weight excluding hydrogens is 728 g/mol. The van der Waals surface area contributed by atoms with Crippen LogP contribution in [0.5, 0.6) is 5.75 Å². The van der Waals surface area contributed by atoms with Crippen LogP contribution in [0.2, 0.25) is 5.02 Å². The van der Waals surface area contributed by atoms with Crippen molar-refractivity contribution in [1.82, 2.24) is 14.5 Å². The highest BCUT2D eigenvalue weighted by atomic mass is 35.5. The number of aryl methyl sites for hydroxylation is 1. The number of nitrogens with one attached hydrogen (secondary N) is 1. The molecule has 0 spiro atoms. The van der Waals surface area contributed by atoms with E-state index in [9.17, 15) is 13.2 Å². The standard InChI is InChI=1S/C41H55ClN4O7S/c1-50-28-41-22-33(41)7-5-14-40(51-2,27-44-16-18-45(19-17-44)35-25-52-26-35)36-12-9-31(36)23-46-15-4-3-6-29-20-34(42)11-8-32(29)24-53-38-13-10-30(21-37(38)46)39(47)43-54(41,48)49/h5,8,10-11,13-14,20-21,31,33,35-36H,3-4,6-7,9,12,15-19,22-28H2,1-2H3,(H,43,47)/b14-5+/t31-,33+,36+,40+,41-/m0/s1. The van der Waals surface area contributed by atoms with Crippen LogP contribution >= 0.6 is 11.6 Å². The molecule has 0 unspecified atom stereocenters. The Labute approximate surface area is 325 Å². The van der Waals surface area contributed by atoms with Crippen molar-refractivity contribution < 1.29 is 32.2 Å². The Morgan fingerprint density at radius 1 is 1.00 bits per heavy atom. The van der Waals surface area contributed by atoms with Crippen molar-refractivity contribution in [3.8, 4) is 5.75 Å². The molecule has 11 nitrogen and oxygen atoms in total. The molecule has 1 N–H and O–H groups in total. The lowest BCUT2D eigenvalue weighted by Crippen LogP contribution is -2.61. The number of fused-ring (bicyclic) bond motifs is 4. The van der Waals surface area contributed by atoms with Crippen molar-refractivity contribution in [3.05, 3.63) is 70.3 Å². The van der Waals surface area contributed by atoms with Crippen molar-refractivity contribution in [2.24, 2.45) is 17.8 Å². The van der Waals surface area contributed by atoms with Crippen molar-refractivity contribution in [2.45, 2.75) is 67.9 Å². The zero-order valence-electron chi connectivity index (χ0n) is 31.6. The fraction of sp³-hybridized carbons (Fsp3) is 0.634. The van der Waals surface area contributed by atoms with E-state index in [1.165, 1.54) is 12.7 Å². The molecule has 13 heteroatoms. The third kappa shape index (κ3) is 7.44. The largest absolute Gasteiger partial charge is 0.487 e. The summed E-state index contributed by atoms with van der Waals surface area (Å²) in [5.74, 6) is 0.453. The van der Waals surface area contributed by atoms with E-state index in [1.807, 2.05) is 37.4 Å². The number of allylic oxidation sites excluding steroid dienone is 1. The van der Waals surface area contributed by atoms with Gasteiger partial charge in [0.25, 0.3) is 5.91 Å². The number of carbonyl (C=O) groups is 1. The summed E-state index contributed by atoms with van der Waals surface area (Å²) in [5.41, 5.74) is 2.82. The first-order valence-corrected chi connectivity index (χ1v) is 21.6. The summed E-state index contributed by atoms with van der Waals surface area (Å²) in [4.78, 5) is 21.3. The van der Waals surface area contributed by atoms with Crippen LogP contribution in [0.4, 0.5) is 5.69 Å². The summed E-state index contributed by atoms with van der Waals surface area (Å²) >= 11 is 6.42. The number of nitrogens with zero attached hydrogens (tertiary/aromatic N) is 3. The molecule has 0 radical (unpaired) electrons.